The first-order chi connectivity index (χ1) is 12.0. The minimum absolute atomic E-state index is 0.0660. The Morgan fingerprint density at radius 3 is 2.68 bits per heavy atom. The Balaban J connectivity index is 1.29. The maximum absolute atomic E-state index is 12.5. The summed E-state index contributed by atoms with van der Waals surface area (Å²) in [6.45, 7) is 2.74. The van der Waals surface area contributed by atoms with E-state index in [0.717, 1.165) is 44.3 Å². The van der Waals surface area contributed by atoms with Gasteiger partial charge in [-0.1, -0.05) is 5.16 Å². The molecule has 0 bridgehead atoms. The van der Waals surface area contributed by atoms with Crippen molar-refractivity contribution in [2.75, 3.05) is 6.54 Å². The first kappa shape index (κ1) is 16.6. The molecule has 4 rings (SSSR count). The van der Waals surface area contributed by atoms with Gasteiger partial charge >= 0.3 is 0 Å². The van der Waals surface area contributed by atoms with Crippen LogP contribution < -0.4 is 11.1 Å². The van der Waals surface area contributed by atoms with Crippen molar-refractivity contribution < 1.29 is 14.1 Å². The molecule has 0 aromatic carbocycles. The third-order valence-corrected chi connectivity index (χ3v) is 5.76. The number of aromatic nitrogens is 1. The first-order valence-electron chi connectivity index (χ1n) is 9.34. The van der Waals surface area contributed by atoms with E-state index in [-0.39, 0.29) is 35.9 Å². The minimum atomic E-state index is -0.183. The van der Waals surface area contributed by atoms with E-state index in [4.69, 9.17) is 10.3 Å². The summed E-state index contributed by atoms with van der Waals surface area (Å²) < 4.78 is 5.25. The zero-order valence-electron chi connectivity index (χ0n) is 14.6. The van der Waals surface area contributed by atoms with Gasteiger partial charge in [0.25, 0.3) is 5.91 Å². The highest BCUT2D eigenvalue weighted by molar-refractivity contribution is 5.92. The van der Waals surface area contributed by atoms with Crippen LogP contribution in [0.3, 0.4) is 0 Å². The van der Waals surface area contributed by atoms with E-state index in [9.17, 15) is 9.59 Å². The zero-order chi connectivity index (χ0) is 17.6. The van der Waals surface area contributed by atoms with E-state index in [0.29, 0.717) is 18.2 Å². The van der Waals surface area contributed by atoms with Crippen molar-refractivity contribution in [1.82, 2.24) is 15.4 Å². The predicted molar refractivity (Wildman–Crippen MR) is 90.8 cm³/mol. The largest absolute Gasteiger partial charge is 0.360 e. The van der Waals surface area contributed by atoms with Gasteiger partial charge in [0, 0.05) is 42.6 Å². The van der Waals surface area contributed by atoms with E-state index >= 15 is 0 Å². The van der Waals surface area contributed by atoms with E-state index in [1.807, 2.05) is 4.90 Å². The second-order valence-corrected chi connectivity index (χ2v) is 7.89. The van der Waals surface area contributed by atoms with Gasteiger partial charge in [-0.05, 0) is 45.4 Å². The van der Waals surface area contributed by atoms with Crippen molar-refractivity contribution in [3.8, 4) is 0 Å². The normalized spacial score (nSPS) is 32.2. The molecule has 2 aliphatic carbocycles. The maximum atomic E-state index is 12.5. The van der Waals surface area contributed by atoms with E-state index in [1.165, 1.54) is 0 Å². The van der Waals surface area contributed by atoms with Crippen LogP contribution in [0.5, 0.6) is 0 Å². The van der Waals surface area contributed by atoms with Crippen LogP contribution in [0.1, 0.15) is 67.6 Å². The molecule has 2 atom stereocenters. The maximum Gasteiger partial charge on any atom is 0.273 e. The molecular formula is C18H26N4O3. The van der Waals surface area contributed by atoms with Crippen molar-refractivity contribution >= 4 is 11.8 Å². The van der Waals surface area contributed by atoms with Crippen LogP contribution in [0.25, 0.3) is 0 Å². The smallest absolute Gasteiger partial charge is 0.273 e. The summed E-state index contributed by atoms with van der Waals surface area (Å²) in [7, 11) is 0. The van der Waals surface area contributed by atoms with Gasteiger partial charge < -0.3 is 20.5 Å². The van der Waals surface area contributed by atoms with Crippen LogP contribution in [0.2, 0.25) is 0 Å². The third kappa shape index (κ3) is 3.42. The monoisotopic (exact) mass is 346 g/mol. The third-order valence-electron chi connectivity index (χ3n) is 5.76. The molecule has 7 nitrogen and oxygen atoms in total. The molecule has 1 aromatic rings. The Morgan fingerprint density at radius 1 is 1.28 bits per heavy atom. The Bertz CT molecular complexity index is 663. The van der Waals surface area contributed by atoms with Gasteiger partial charge in [-0.25, -0.2) is 0 Å². The van der Waals surface area contributed by atoms with Crippen LogP contribution in [0.4, 0.5) is 0 Å². The lowest BCUT2D eigenvalue weighted by molar-refractivity contribution is -0.142. The molecule has 2 amide bonds. The fraction of sp³-hybridized carbons (Fsp3) is 0.722. The van der Waals surface area contributed by atoms with Crippen LogP contribution in [0.15, 0.2) is 10.6 Å². The predicted octanol–water partition coefficient (Wildman–Crippen LogP) is 1.40. The molecule has 1 aliphatic heterocycles. The van der Waals surface area contributed by atoms with Crippen LogP contribution in [-0.4, -0.2) is 46.5 Å². The zero-order valence-corrected chi connectivity index (χ0v) is 14.6. The molecule has 3 aliphatic rings. The summed E-state index contributed by atoms with van der Waals surface area (Å²) in [5.41, 5.74) is 6.15. The van der Waals surface area contributed by atoms with Crippen molar-refractivity contribution in [2.45, 2.75) is 69.5 Å². The molecule has 1 saturated heterocycles. The quantitative estimate of drug-likeness (QED) is 0.858. The highest BCUT2D eigenvalue weighted by atomic mass is 16.5. The summed E-state index contributed by atoms with van der Waals surface area (Å²) in [4.78, 5) is 26.8. The Morgan fingerprint density at radius 2 is 2.04 bits per heavy atom. The first-order valence-corrected chi connectivity index (χ1v) is 9.34. The lowest BCUT2D eigenvalue weighted by atomic mass is 9.79. The lowest BCUT2D eigenvalue weighted by Gasteiger charge is -2.42. The Kier molecular flexibility index (Phi) is 4.27. The number of carbonyl (C=O) groups is 2. The fourth-order valence-corrected chi connectivity index (χ4v) is 3.94. The van der Waals surface area contributed by atoms with Gasteiger partial charge in [-0.2, -0.15) is 0 Å². The highest BCUT2D eigenvalue weighted by Gasteiger charge is 2.38. The van der Waals surface area contributed by atoms with Gasteiger partial charge in [0.05, 0.1) is 0 Å². The molecule has 2 saturated carbocycles. The molecule has 3 fully saturated rings. The van der Waals surface area contributed by atoms with Gasteiger partial charge in [0.1, 0.15) is 5.76 Å². The number of amides is 2. The van der Waals surface area contributed by atoms with Crippen molar-refractivity contribution in [2.24, 2.45) is 11.7 Å². The topological polar surface area (TPSA) is 101 Å². The average molecular weight is 346 g/mol. The Hall–Kier alpha value is -1.89. The van der Waals surface area contributed by atoms with Crippen molar-refractivity contribution in [3.63, 3.8) is 0 Å². The molecule has 0 spiro atoms. The molecular weight excluding hydrogens is 320 g/mol. The molecule has 136 valence electrons. The van der Waals surface area contributed by atoms with E-state index in [2.05, 4.69) is 17.4 Å². The van der Waals surface area contributed by atoms with E-state index in [1.54, 1.807) is 6.07 Å². The molecule has 0 radical (unpaired) electrons. The SMILES string of the molecule is C[C@H]1CC(NC(=O)c2cc(C3CC3)on2)CCN1C(=O)C1CC(N)C1. The summed E-state index contributed by atoms with van der Waals surface area (Å²) in [6.07, 6.45) is 5.38. The number of hydrogen-bond donors (Lipinski definition) is 2. The number of nitrogens with two attached hydrogens (primary N) is 1. The second kappa shape index (κ2) is 6.44. The number of likely N-dealkylation sites (tertiary alicyclic amines) is 1. The number of hydrogen-bond acceptors (Lipinski definition) is 5. The standard InChI is InChI=1S/C18H26N4O3/c1-10-6-14(4-5-22(10)18(24)12-7-13(19)8-12)20-17(23)15-9-16(25-21-15)11-2-3-11/h9-14H,2-8,19H2,1H3,(H,20,23)/t10-,12?,13?,14?/m0/s1. The molecule has 3 N–H and O–H groups in total. The number of nitrogens with zero attached hydrogens (tertiary/aromatic N) is 2. The van der Waals surface area contributed by atoms with Crippen LogP contribution >= 0.6 is 0 Å². The van der Waals surface area contributed by atoms with Crippen molar-refractivity contribution in [3.05, 3.63) is 17.5 Å². The highest BCUT2D eigenvalue weighted by Crippen LogP contribution is 2.40. The van der Waals surface area contributed by atoms with E-state index < -0.39 is 0 Å². The molecule has 25 heavy (non-hydrogen) atoms. The fourth-order valence-electron chi connectivity index (χ4n) is 3.94. The molecule has 1 aromatic heterocycles. The average Bonchev–Trinajstić information content (AvgIpc) is 3.28. The van der Waals surface area contributed by atoms with Gasteiger partial charge in [0.15, 0.2) is 5.69 Å². The van der Waals surface area contributed by atoms with Gasteiger partial charge in [-0.3, -0.25) is 9.59 Å². The summed E-state index contributed by atoms with van der Waals surface area (Å²) in [5.74, 6) is 1.40. The number of piperidine rings is 1. The summed E-state index contributed by atoms with van der Waals surface area (Å²) in [6, 6.07) is 2.14. The lowest BCUT2D eigenvalue weighted by Crippen LogP contribution is -2.55. The molecule has 2 heterocycles. The number of nitrogens with one attached hydrogen (secondary N) is 1. The van der Waals surface area contributed by atoms with Gasteiger partial charge in [0.2, 0.25) is 5.91 Å². The minimum Gasteiger partial charge on any atom is -0.360 e. The Labute approximate surface area is 147 Å². The van der Waals surface area contributed by atoms with Crippen molar-refractivity contribution in [1.29, 1.82) is 0 Å². The second-order valence-electron chi connectivity index (χ2n) is 7.89. The van der Waals surface area contributed by atoms with Crippen LogP contribution in [-0.2, 0) is 4.79 Å². The van der Waals surface area contributed by atoms with Crippen LogP contribution in [0, 0.1) is 5.92 Å². The van der Waals surface area contributed by atoms with Gasteiger partial charge in [-0.15, -0.1) is 0 Å². The summed E-state index contributed by atoms with van der Waals surface area (Å²) in [5, 5.41) is 6.93. The summed E-state index contributed by atoms with van der Waals surface area (Å²) >= 11 is 0. The molecule has 7 heteroatoms. The molecule has 1 unspecified atom stereocenters. The number of rotatable bonds is 4. The number of carbonyl (C=O) groups excluding carboxylic acids is 2.